The summed E-state index contributed by atoms with van der Waals surface area (Å²) in [6, 6.07) is 4.03. The Kier molecular flexibility index (Phi) is 4.36. The highest BCUT2D eigenvalue weighted by atomic mass is 32.1. The van der Waals surface area contributed by atoms with Gasteiger partial charge in [-0.05, 0) is 30.7 Å². The van der Waals surface area contributed by atoms with E-state index in [4.69, 9.17) is 4.74 Å². The van der Waals surface area contributed by atoms with E-state index in [1.807, 2.05) is 17.5 Å². The molecule has 2 heterocycles. The molecule has 0 bridgehead atoms. The third-order valence-corrected chi connectivity index (χ3v) is 3.63. The van der Waals surface area contributed by atoms with Crippen molar-refractivity contribution in [3.63, 3.8) is 0 Å². The number of nitrogens with one attached hydrogen (secondary N) is 1. The minimum absolute atomic E-state index is 0.129. The van der Waals surface area contributed by atoms with E-state index in [0.717, 1.165) is 25.9 Å². The van der Waals surface area contributed by atoms with E-state index < -0.39 is 0 Å². The Hall–Kier alpha value is -0.870. The fourth-order valence-corrected chi connectivity index (χ4v) is 2.50. The molecular weight excluding hydrogens is 222 g/mol. The molecule has 0 unspecified atom stereocenters. The Labute approximate surface area is 99.8 Å². The van der Waals surface area contributed by atoms with Crippen LogP contribution in [0.3, 0.4) is 0 Å². The summed E-state index contributed by atoms with van der Waals surface area (Å²) in [5.41, 5.74) is 0. The number of thiophene rings is 1. The van der Waals surface area contributed by atoms with Crippen molar-refractivity contribution in [2.24, 2.45) is 0 Å². The Balaban J connectivity index is 1.60. The highest BCUT2D eigenvalue weighted by Crippen LogP contribution is 2.16. The van der Waals surface area contributed by atoms with Gasteiger partial charge in [0.25, 0.3) is 0 Å². The number of amides is 1. The molecule has 1 N–H and O–H groups in total. The molecule has 1 aromatic rings. The van der Waals surface area contributed by atoms with Gasteiger partial charge in [0.05, 0.1) is 12.6 Å². The Bertz CT molecular complexity index is 318. The summed E-state index contributed by atoms with van der Waals surface area (Å²) < 4.78 is 5.48. The van der Waals surface area contributed by atoms with Gasteiger partial charge in [-0.15, -0.1) is 11.3 Å². The fraction of sp³-hybridized carbons (Fsp3) is 0.583. The Morgan fingerprint density at radius 3 is 3.25 bits per heavy atom. The number of rotatable bonds is 5. The first-order chi connectivity index (χ1) is 7.84. The first kappa shape index (κ1) is 11.6. The normalized spacial score (nSPS) is 19.9. The van der Waals surface area contributed by atoms with Gasteiger partial charge in [-0.3, -0.25) is 4.79 Å². The number of carbonyl (C=O) groups is 1. The lowest BCUT2D eigenvalue weighted by atomic mass is 10.1. The van der Waals surface area contributed by atoms with Crippen LogP contribution in [0.2, 0.25) is 0 Å². The second-order valence-corrected chi connectivity index (χ2v) is 5.06. The Morgan fingerprint density at radius 1 is 1.62 bits per heavy atom. The average Bonchev–Trinajstić information content (AvgIpc) is 2.96. The van der Waals surface area contributed by atoms with Gasteiger partial charge in [0.2, 0.25) is 5.91 Å². The van der Waals surface area contributed by atoms with Gasteiger partial charge in [0.15, 0.2) is 0 Å². The van der Waals surface area contributed by atoms with Gasteiger partial charge in [-0.2, -0.15) is 0 Å². The van der Waals surface area contributed by atoms with Crippen molar-refractivity contribution in [3.8, 4) is 0 Å². The van der Waals surface area contributed by atoms with E-state index in [2.05, 4.69) is 5.32 Å². The smallest absolute Gasteiger partial charge is 0.220 e. The van der Waals surface area contributed by atoms with Crippen LogP contribution in [-0.2, 0) is 16.1 Å². The van der Waals surface area contributed by atoms with E-state index in [-0.39, 0.29) is 5.91 Å². The molecule has 3 nitrogen and oxygen atoms in total. The fourth-order valence-electron chi connectivity index (χ4n) is 1.85. The van der Waals surface area contributed by atoms with Crippen molar-refractivity contribution in [3.05, 3.63) is 22.4 Å². The molecule has 0 radical (unpaired) electrons. The van der Waals surface area contributed by atoms with Crippen LogP contribution in [-0.4, -0.2) is 18.6 Å². The molecule has 1 amide bonds. The minimum atomic E-state index is 0.129. The topological polar surface area (TPSA) is 38.3 Å². The molecule has 4 heteroatoms. The lowest BCUT2D eigenvalue weighted by Gasteiger charge is -2.08. The quantitative estimate of drug-likeness (QED) is 0.856. The van der Waals surface area contributed by atoms with Gasteiger partial charge < -0.3 is 10.1 Å². The van der Waals surface area contributed by atoms with E-state index >= 15 is 0 Å². The zero-order valence-electron chi connectivity index (χ0n) is 9.28. The van der Waals surface area contributed by atoms with Gasteiger partial charge in [0.1, 0.15) is 0 Å². The van der Waals surface area contributed by atoms with Crippen LogP contribution in [0.4, 0.5) is 0 Å². The second-order valence-electron chi connectivity index (χ2n) is 4.03. The first-order valence-electron chi connectivity index (χ1n) is 5.75. The van der Waals surface area contributed by atoms with Crippen LogP contribution in [0, 0.1) is 0 Å². The number of ether oxygens (including phenoxy) is 1. The lowest BCUT2D eigenvalue weighted by Crippen LogP contribution is -2.23. The molecule has 1 fully saturated rings. The summed E-state index contributed by atoms with van der Waals surface area (Å²) in [4.78, 5) is 12.7. The van der Waals surface area contributed by atoms with E-state index in [1.54, 1.807) is 11.3 Å². The van der Waals surface area contributed by atoms with Crippen molar-refractivity contribution in [1.29, 1.82) is 0 Å². The standard InChI is InChI=1S/C12H17NO2S/c14-12(6-5-10-3-1-7-15-10)13-9-11-4-2-8-16-11/h2,4,8,10H,1,3,5-7,9H2,(H,13,14)/t10-/m1/s1. The molecule has 0 aliphatic carbocycles. The minimum Gasteiger partial charge on any atom is -0.378 e. The van der Waals surface area contributed by atoms with Gasteiger partial charge in [0, 0.05) is 17.9 Å². The van der Waals surface area contributed by atoms with E-state index in [9.17, 15) is 4.79 Å². The van der Waals surface area contributed by atoms with Crippen molar-refractivity contribution in [1.82, 2.24) is 5.32 Å². The number of carbonyl (C=O) groups excluding carboxylic acids is 1. The van der Waals surface area contributed by atoms with Gasteiger partial charge in [-0.25, -0.2) is 0 Å². The number of hydrogen-bond acceptors (Lipinski definition) is 3. The van der Waals surface area contributed by atoms with Crippen molar-refractivity contribution in [2.45, 2.75) is 38.3 Å². The van der Waals surface area contributed by atoms with Crippen LogP contribution in [0.25, 0.3) is 0 Å². The van der Waals surface area contributed by atoms with Gasteiger partial charge >= 0.3 is 0 Å². The van der Waals surface area contributed by atoms with Crippen LogP contribution in [0.15, 0.2) is 17.5 Å². The molecule has 0 saturated carbocycles. The monoisotopic (exact) mass is 239 g/mol. The first-order valence-corrected chi connectivity index (χ1v) is 6.63. The maximum Gasteiger partial charge on any atom is 0.220 e. The van der Waals surface area contributed by atoms with Crippen LogP contribution < -0.4 is 5.32 Å². The predicted octanol–water partition coefficient (Wildman–Crippen LogP) is 2.32. The zero-order valence-corrected chi connectivity index (χ0v) is 10.1. The maximum absolute atomic E-state index is 11.5. The van der Waals surface area contributed by atoms with E-state index in [1.165, 1.54) is 4.88 Å². The third kappa shape index (κ3) is 3.61. The van der Waals surface area contributed by atoms with Crippen LogP contribution >= 0.6 is 11.3 Å². The molecule has 2 rings (SSSR count). The van der Waals surface area contributed by atoms with Crippen LogP contribution in [0.5, 0.6) is 0 Å². The average molecular weight is 239 g/mol. The highest BCUT2D eigenvalue weighted by molar-refractivity contribution is 7.09. The van der Waals surface area contributed by atoms with Crippen molar-refractivity contribution < 1.29 is 9.53 Å². The second kappa shape index (κ2) is 6.01. The summed E-state index contributed by atoms with van der Waals surface area (Å²) in [6.07, 6.45) is 4.00. The molecule has 0 spiro atoms. The molecule has 88 valence electrons. The highest BCUT2D eigenvalue weighted by Gasteiger charge is 2.16. The summed E-state index contributed by atoms with van der Waals surface area (Å²) in [7, 11) is 0. The largest absolute Gasteiger partial charge is 0.378 e. The lowest BCUT2D eigenvalue weighted by molar-refractivity contribution is -0.121. The molecule has 1 aromatic heterocycles. The SMILES string of the molecule is O=C(CC[C@H]1CCCO1)NCc1cccs1. The van der Waals surface area contributed by atoms with E-state index in [0.29, 0.717) is 19.1 Å². The maximum atomic E-state index is 11.5. The summed E-state index contributed by atoms with van der Waals surface area (Å²) in [6.45, 7) is 1.52. The van der Waals surface area contributed by atoms with Gasteiger partial charge in [-0.1, -0.05) is 6.07 Å². The summed E-state index contributed by atoms with van der Waals surface area (Å²) in [5, 5.41) is 4.95. The predicted molar refractivity (Wildman–Crippen MR) is 64.4 cm³/mol. The van der Waals surface area contributed by atoms with Crippen molar-refractivity contribution >= 4 is 17.2 Å². The molecule has 16 heavy (non-hydrogen) atoms. The molecule has 1 atom stereocenters. The molecule has 1 aliphatic rings. The Morgan fingerprint density at radius 2 is 2.56 bits per heavy atom. The molecule has 0 aromatic carbocycles. The van der Waals surface area contributed by atoms with Crippen molar-refractivity contribution in [2.75, 3.05) is 6.61 Å². The summed E-state index contributed by atoms with van der Waals surface area (Å²) in [5.74, 6) is 0.129. The summed E-state index contributed by atoms with van der Waals surface area (Å²) >= 11 is 1.67. The zero-order chi connectivity index (χ0) is 11.2. The molecule has 1 saturated heterocycles. The molecule has 1 aliphatic heterocycles. The third-order valence-electron chi connectivity index (χ3n) is 2.76. The van der Waals surface area contributed by atoms with Crippen LogP contribution in [0.1, 0.15) is 30.6 Å². The molecular formula is C12H17NO2S. The number of hydrogen-bond donors (Lipinski definition) is 1.